The Balaban J connectivity index is 1.68. The second-order valence-corrected chi connectivity index (χ2v) is 11.3. The maximum absolute atomic E-state index is 14.7. The zero-order valence-electron chi connectivity index (χ0n) is 21.9. The first-order valence-corrected chi connectivity index (χ1v) is 12.9. The number of nitrogens with one attached hydrogen (secondary N) is 1. The number of rotatable bonds is 4. The van der Waals surface area contributed by atoms with Gasteiger partial charge in [-0.05, 0) is 35.4 Å². The average molecular weight is 507 g/mol. The van der Waals surface area contributed by atoms with Crippen molar-refractivity contribution in [2.75, 3.05) is 17.3 Å². The van der Waals surface area contributed by atoms with Gasteiger partial charge >= 0.3 is 0 Å². The van der Waals surface area contributed by atoms with E-state index in [0.29, 0.717) is 17.0 Å². The molecular formula is C32H30N2O4. The third kappa shape index (κ3) is 3.22. The first-order chi connectivity index (χ1) is 18.2. The predicted octanol–water partition coefficient (Wildman–Crippen LogP) is 5.28. The number of benzene rings is 3. The van der Waals surface area contributed by atoms with Gasteiger partial charge in [0.15, 0.2) is 11.6 Å². The van der Waals surface area contributed by atoms with Crippen LogP contribution in [0.15, 0.2) is 78.9 Å². The lowest BCUT2D eigenvalue weighted by molar-refractivity contribution is -0.128. The Morgan fingerprint density at radius 3 is 2.47 bits per heavy atom. The fraction of sp³-hybridized carbons (Fsp3) is 0.281. The van der Waals surface area contributed by atoms with E-state index in [-0.39, 0.29) is 17.5 Å². The molecule has 0 bridgehead atoms. The van der Waals surface area contributed by atoms with Crippen molar-refractivity contribution >= 4 is 34.9 Å². The minimum Gasteiger partial charge on any atom is -0.497 e. The number of ketones is 2. The van der Waals surface area contributed by atoms with E-state index < -0.39 is 28.8 Å². The van der Waals surface area contributed by atoms with Gasteiger partial charge in [0, 0.05) is 22.4 Å². The van der Waals surface area contributed by atoms with Gasteiger partial charge in [-0.1, -0.05) is 81.5 Å². The molecule has 0 unspecified atom stereocenters. The molecule has 6 nitrogen and oxygen atoms in total. The van der Waals surface area contributed by atoms with Crippen LogP contribution >= 0.6 is 0 Å². The van der Waals surface area contributed by atoms with Gasteiger partial charge in [0.2, 0.25) is 5.91 Å². The van der Waals surface area contributed by atoms with Gasteiger partial charge in [-0.15, -0.1) is 0 Å². The molecule has 6 rings (SSSR count). The van der Waals surface area contributed by atoms with Crippen LogP contribution in [-0.4, -0.2) is 36.7 Å². The average Bonchev–Trinajstić information content (AvgIpc) is 3.40. The van der Waals surface area contributed by atoms with E-state index in [1.165, 1.54) is 0 Å². The summed E-state index contributed by atoms with van der Waals surface area (Å²) in [6, 6.07) is 20.9. The lowest BCUT2D eigenvalue weighted by Crippen LogP contribution is -2.51. The molecule has 0 aromatic heterocycles. The zero-order chi connectivity index (χ0) is 26.8. The molecule has 0 saturated carbocycles. The Kier molecular flexibility index (Phi) is 5.35. The lowest BCUT2D eigenvalue weighted by Gasteiger charge is -2.38. The standard InChI is InChI=1S/C32H30N2O4/c1-31(2,3)29(36)27-26(28(35)20-11-9-12-21(18-20)38-4)32(22-13-6-7-14-23(22)33-30(32)37)25-17-16-19-10-5-8-15-24(19)34(25)27/h5-18,25-27H,1-4H3,(H,33,37)/t25-,26+,27+,32-/m1/s1. The Bertz CT molecular complexity index is 1520. The molecule has 3 aromatic carbocycles. The summed E-state index contributed by atoms with van der Waals surface area (Å²) >= 11 is 0. The summed E-state index contributed by atoms with van der Waals surface area (Å²) in [6.45, 7) is 5.62. The minimum atomic E-state index is -1.30. The largest absolute Gasteiger partial charge is 0.497 e. The number of fused-ring (bicyclic) bond motifs is 6. The molecule has 3 aliphatic rings. The van der Waals surface area contributed by atoms with Crippen molar-refractivity contribution < 1.29 is 19.1 Å². The summed E-state index contributed by atoms with van der Waals surface area (Å²) in [4.78, 5) is 45.4. The first kappa shape index (κ1) is 24.2. The summed E-state index contributed by atoms with van der Waals surface area (Å²) in [5.74, 6) is -1.02. The van der Waals surface area contributed by atoms with Gasteiger partial charge in [0.1, 0.15) is 17.2 Å². The minimum absolute atomic E-state index is 0.0806. The van der Waals surface area contributed by atoms with Crippen LogP contribution in [0.4, 0.5) is 11.4 Å². The van der Waals surface area contributed by atoms with E-state index in [1.807, 2.05) is 86.4 Å². The third-order valence-electron chi connectivity index (χ3n) is 8.19. The number of para-hydroxylation sites is 2. The number of Topliss-reactive ketones (excluding diaryl/α,β-unsaturated/α-hetero) is 2. The van der Waals surface area contributed by atoms with Crippen LogP contribution in [0.2, 0.25) is 0 Å². The van der Waals surface area contributed by atoms with E-state index in [1.54, 1.807) is 31.4 Å². The highest BCUT2D eigenvalue weighted by Gasteiger charge is 2.70. The van der Waals surface area contributed by atoms with Crippen molar-refractivity contribution in [2.24, 2.45) is 11.3 Å². The van der Waals surface area contributed by atoms with Crippen molar-refractivity contribution in [3.8, 4) is 5.75 Å². The van der Waals surface area contributed by atoms with E-state index >= 15 is 0 Å². The fourth-order valence-corrected chi connectivity index (χ4v) is 6.52. The van der Waals surface area contributed by atoms with Crippen LogP contribution in [0, 0.1) is 11.3 Å². The topological polar surface area (TPSA) is 75.7 Å². The number of methoxy groups -OCH3 is 1. The van der Waals surface area contributed by atoms with E-state index in [0.717, 1.165) is 16.8 Å². The summed E-state index contributed by atoms with van der Waals surface area (Å²) < 4.78 is 5.41. The molecule has 4 atom stereocenters. The number of hydrogen-bond donors (Lipinski definition) is 1. The number of hydrogen-bond acceptors (Lipinski definition) is 5. The van der Waals surface area contributed by atoms with Crippen LogP contribution < -0.4 is 15.0 Å². The van der Waals surface area contributed by atoms with Crippen molar-refractivity contribution in [2.45, 2.75) is 38.3 Å². The maximum Gasteiger partial charge on any atom is 0.238 e. The SMILES string of the molecule is COc1cccc(C(=O)[C@@H]2[C@@H](C(=O)C(C)(C)C)N3c4ccccc4C=C[C@@H]3[C@@]23C(=O)Nc2ccccc23)c1. The van der Waals surface area contributed by atoms with Crippen LogP contribution in [0.25, 0.3) is 6.08 Å². The van der Waals surface area contributed by atoms with Crippen molar-refractivity contribution in [1.82, 2.24) is 0 Å². The van der Waals surface area contributed by atoms with Gasteiger partial charge in [-0.3, -0.25) is 14.4 Å². The molecule has 1 spiro atoms. The molecule has 1 fully saturated rings. The van der Waals surface area contributed by atoms with Crippen molar-refractivity contribution in [1.29, 1.82) is 0 Å². The Labute approximate surface area is 222 Å². The van der Waals surface area contributed by atoms with Crippen molar-refractivity contribution in [3.05, 3.63) is 95.6 Å². The van der Waals surface area contributed by atoms with Gasteiger partial charge < -0.3 is 15.0 Å². The molecule has 1 saturated heterocycles. The van der Waals surface area contributed by atoms with Crippen LogP contribution in [0.1, 0.15) is 42.3 Å². The zero-order valence-corrected chi connectivity index (χ0v) is 21.9. The number of carbonyl (C=O) groups excluding carboxylic acids is 3. The monoisotopic (exact) mass is 506 g/mol. The molecule has 1 N–H and O–H groups in total. The molecule has 38 heavy (non-hydrogen) atoms. The smallest absolute Gasteiger partial charge is 0.238 e. The lowest BCUT2D eigenvalue weighted by atomic mass is 9.63. The maximum atomic E-state index is 14.7. The fourth-order valence-electron chi connectivity index (χ4n) is 6.52. The number of anilines is 2. The molecule has 3 heterocycles. The third-order valence-corrected chi connectivity index (χ3v) is 8.19. The number of amides is 1. The van der Waals surface area contributed by atoms with E-state index in [2.05, 4.69) is 5.32 Å². The molecular weight excluding hydrogens is 476 g/mol. The second-order valence-electron chi connectivity index (χ2n) is 11.3. The highest BCUT2D eigenvalue weighted by Crippen LogP contribution is 2.58. The predicted molar refractivity (Wildman–Crippen MR) is 148 cm³/mol. The molecule has 3 aromatic rings. The molecule has 3 aliphatic heterocycles. The Hall–Kier alpha value is -4.19. The van der Waals surface area contributed by atoms with Crippen LogP contribution in [-0.2, 0) is 15.0 Å². The Morgan fingerprint density at radius 2 is 1.71 bits per heavy atom. The highest BCUT2D eigenvalue weighted by molar-refractivity contribution is 6.17. The van der Waals surface area contributed by atoms with E-state index in [4.69, 9.17) is 4.74 Å². The Morgan fingerprint density at radius 1 is 0.974 bits per heavy atom. The van der Waals surface area contributed by atoms with E-state index in [9.17, 15) is 14.4 Å². The van der Waals surface area contributed by atoms with Crippen molar-refractivity contribution in [3.63, 3.8) is 0 Å². The number of carbonyl (C=O) groups is 3. The number of ether oxygens (including phenoxy) is 1. The van der Waals surface area contributed by atoms with Gasteiger partial charge in [-0.25, -0.2) is 0 Å². The van der Waals surface area contributed by atoms with Crippen LogP contribution in [0.3, 0.4) is 0 Å². The van der Waals surface area contributed by atoms with Gasteiger partial charge in [-0.2, -0.15) is 0 Å². The highest BCUT2D eigenvalue weighted by atomic mass is 16.5. The second kappa shape index (κ2) is 8.42. The molecule has 192 valence electrons. The molecule has 0 radical (unpaired) electrons. The summed E-state index contributed by atoms with van der Waals surface area (Å²) in [6.07, 6.45) is 4.00. The van der Waals surface area contributed by atoms with Gasteiger partial charge in [0.25, 0.3) is 0 Å². The molecule has 1 amide bonds. The summed E-state index contributed by atoms with van der Waals surface area (Å²) in [7, 11) is 1.55. The van der Waals surface area contributed by atoms with Gasteiger partial charge in [0.05, 0.1) is 19.1 Å². The molecule has 6 heteroatoms. The number of nitrogens with zero attached hydrogens (tertiary/aromatic N) is 1. The summed E-state index contributed by atoms with van der Waals surface area (Å²) in [5, 5.41) is 3.06. The normalized spacial score (nSPS) is 25.0. The van der Waals surface area contributed by atoms with Crippen LogP contribution in [0.5, 0.6) is 5.75 Å². The molecule has 0 aliphatic carbocycles. The summed E-state index contributed by atoms with van der Waals surface area (Å²) in [5.41, 5.74) is 1.58. The quantitative estimate of drug-likeness (QED) is 0.487. The first-order valence-electron chi connectivity index (χ1n) is 12.9.